The average molecular weight is 516 g/mol. The number of hydrogen-bond donors (Lipinski definition) is 2. The largest absolute Gasteiger partial charge is 0.496 e. The molecule has 2 aromatic rings. The summed E-state index contributed by atoms with van der Waals surface area (Å²) in [5, 5.41) is 7.78. The van der Waals surface area contributed by atoms with Crippen molar-refractivity contribution in [2.75, 3.05) is 13.7 Å². The molecule has 0 saturated heterocycles. The van der Waals surface area contributed by atoms with E-state index in [2.05, 4.69) is 41.6 Å². The highest BCUT2D eigenvalue weighted by atomic mass is 127. The lowest BCUT2D eigenvalue weighted by atomic mass is 10.1. The molecule has 1 aromatic carbocycles. The lowest BCUT2D eigenvalue weighted by Gasteiger charge is -2.13. The molecule has 2 heterocycles. The van der Waals surface area contributed by atoms with Gasteiger partial charge in [-0.25, -0.2) is 9.98 Å². The van der Waals surface area contributed by atoms with Gasteiger partial charge in [-0.3, -0.25) is 0 Å². The van der Waals surface area contributed by atoms with Crippen molar-refractivity contribution >= 4 is 41.3 Å². The number of halogens is 1. The molecule has 3 rings (SSSR count). The third kappa shape index (κ3) is 5.50. The van der Waals surface area contributed by atoms with Crippen LogP contribution in [-0.4, -0.2) is 30.7 Å². The zero-order valence-corrected chi connectivity index (χ0v) is 20.2. The van der Waals surface area contributed by atoms with Crippen molar-refractivity contribution in [3.8, 4) is 11.5 Å². The van der Waals surface area contributed by atoms with Gasteiger partial charge in [0.05, 0.1) is 30.9 Å². The Kier molecular flexibility index (Phi) is 8.36. The number of hydrogen-bond acceptors (Lipinski definition) is 5. The van der Waals surface area contributed by atoms with Crippen LogP contribution in [0.25, 0.3) is 0 Å². The standard InChI is InChI=1S/C20H28N4O2S.HI/c1-6-21-20(23-11-19-13(3)24-14(4)27-19)22-10-16-9-18-15(7-12(2)26-18)8-17(16)25-5;/h8-9,12H,6-7,10-11H2,1-5H3,(H2,21,22,23);1H. The van der Waals surface area contributed by atoms with Crippen molar-refractivity contribution < 1.29 is 9.47 Å². The van der Waals surface area contributed by atoms with E-state index < -0.39 is 0 Å². The maximum atomic E-state index is 5.88. The van der Waals surface area contributed by atoms with Gasteiger partial charge in [-0.05, 0) is 39.8 Å². The number of aromatic nitrogens is 1. The van der Waals surface area contributed by atoms with Crippen molar-refractivity contribution in [1.82, 2.24) is 15.6 Å². The summed E-state index contributed by atoms with van der Waals surface area (Å²) in [5.74, 6) is 2.59. The van der Waals surface area contributed by atoms with Gasteiger partial charge in [-0.1, -0.05) is 0 Å². The minimum Gasteiger partial charge on any atom is -0.496 e. The smallest absolute Gasteiger partial charge is 0.191 e. The number of nitrogens with zero attached hydrogens (tertiary/aromatic N) is 2. The van der Waals surface area contributed by atoms with Gasteiger partial charge in [0.2, 0.25) is 0 Å². The first kappa shape index (κ1) is 22.7. The fraction of sp³-hybridized carbons (Fsp3) is 0.500. The molecule has 0 aliphatic carbocycles. The normalized spacial score (nSPS) is 15.5. The summed E-state index contributed by atoms with van der Waals surface area (Å²) in [6.07, 6.45) is 1.14. The summed E-state index contributed by atoms with van der Waals surface area (Å²) in [4.78, 5) is 10.4. The number of rotatable bonds is 6. The van der Waals surface area contributed by atoms with Crippen molar-refractivity contribution in [2.45, 2.75) is 53.3 Å². The summed E-state index contributed by atoms with van der Waals surface area (Å²) < 4.78 is 11.5. The molecule has 1 unspecified atom stereocenters. The Morgan fingerprint density at radius 3 is 2.79 bits per heavy atom. The molecular formula is C20H29IN4O2S. The number of ether oxygens (including phenoxy) is 2. The molecule has 1 aromatic heterocycles. The molecule has 154 valence electrons. The summed E-state index contributed by atoms with van der Waals surface area (Å²) in [5.41, 5.74) is 3.30. The summed E-state index contributed by atoms with van der Waals surface area (Å²) in [6, 6.07) is 4.13. The minimum atomic E-state index is 0. The van der Waals surface area contributed by atoms with E-state index in [9.17, 15) is 0 Å². The first-order chi connectivity index (χ1) is 13.0. The van der Waals surface area contributed by atoms with E-state index in [0.29, 0.717) is 13.1 Å². The van der Waals surface area contributed by atoms with E-state index in [1.165, 1.54) is 10.4 Å². The molecule has 0 spiro atoms. The average Bonchev–Trinajstić information content (AvgIpc) is 3.15. The second-order valence-corrected chi connectivity index (χ2v) is 7.98. The Bertz CT molecular complexity index is 838. The third-order valence-corrected chi connectivity index (χ3v) is 5.54. The SMILES string of the molecule is CCNC(=NCc1cc2c(cc1OC)CC(C)O2)NCc1sc(C)nc1C.I. The van der Waals surface area contributed by atoms with Gasteiger partial charge in [-0.2, -0.15) is 0 Å². The number of fused-ring (bicyclic) bond motifs is 1. The molecule has 8 heteroatoms. The number of nitrogens with one attached hydrogen (secondary N) is 2. The number of aryl methyl sites for hydroxylation is 2. The molecule has 0 saturated carbocycles. The van der Waals surface area contributed by atoms with E-state index in [1.54, 1.807) is 18.4 Å². The predicted molar refractivity (Wildman–Crippen MR) is 125 cm³/mol. The molecule has 0 radical (unpaired) electrons. The van der Waals surface area contributed by atoms with Crippen LogP contribution in [0.15, 0.2) is 17.1 Å². The van der Waals surface area contributed by atoms with Gasteiger partial charge in [-0.15, -0.1) is 35.3 Å². The second-order valence-electron chi connectivity index (χ2n) is 6.69. The first-order valence-corrected chi connectivity index (χ1v) is 10.1. The van der Waals surface area contributed by atoms with Gasteiger partial charge in [0.25, 0.3) is 0 Å². The molecule has 0 amide bonds. The molecule has 1 atom stereocenters. The van der Waals surface area contributed by atoms with Gasteiger partial charge in [0.1, 0.15) is 17.6 Å². The maximum Gasteiger partial charge on any atom is 0.191 e. The highest BCUT2D eigenvalue weighted by Crippen LogP contribution is 2.35. The van der Waals surface area contributed by atoms with Crippen molar-refractivity contribution in [3.05, 3.63) is 38.8 Å². The highest BCUT2D eigenvalue weighted by molar-refractivity contribution is 14.0. The summed E-state index contributed by atoms with van der Waals surface area (Å²) in [6.45, 7) is 10.2. The van der Waals surface area contributed by atoms with Crippen LogP contribution in [0.2, 0.25) is 0 Å². The molecule has 0 fully saturated rings. The lowest BCUT2D eigenvalue weighted by molar-refractivity contribution is 0.254. The van der Waals surface area contributed by atoms with E-state index in [-0.39, 0.29) is 30.1 Å². The zero-order chi connectivity index (χ0) is 19.4. The lowest BCUT2D eigenvalue weighted by Crippen LogP contribution is -2.36. The molecule has 1 aliphatic heterocycles. The monoisotopic (exact) mass is 516 g/mol. The summed E-state index contributed by atoms with van der Waals surface area (Å²) >= 11 is 1.72. The predicted octanol–water partition coefficient (Wildman–Crippen LogP) is 3.97. The summed E-state index contributed by atoms with van der Waals surface area (Å²) in [7, 11) is 1.70. The van der Waals surface area contributed by atoms with Crippen LogP contribution >= 0.6 is 35.3 Å². The van der Waals surface area contributed by atoms with Crippen LogP contribution in [0.4, 0.5) is 0 Å². The Labute approximate surface area is 188 Å². The molecule has 2 N–H and O–H groups in total. The fourth-order valence-corrected chi connectivity index (χ4v) is 4.08. The van der Waals surface area contributed by atoms with Gasteiger partial charge in [0, 0.05) is 29.0 Å². The highest BCUT2D eigenvalue weighted by Gasteiger charge is 2.21. The van der Waals surface area contributed by atoms with Crippen LogP contribution in [0.3, 0.4) is 0 Å². The van der Waals surface area contributed by atoms with Crippen LogP contribution in [-0.2, 0) is 19.5 Å². The van der Waals surface area contributed by atoms with Crippen LogP contribution in [0, 0.1) is 13.8 Å². The maximum absolute atomic E-state index is 5.88. The Balaban J connectivity index is 0.00000280. The molecule has 6 nitrogen and oxygen atoms in total. The van der Waals surface area contributed by atoms with E-state index in [0.717, 1.165) is 46.7 Å². The van der Waals surface area contributed by atoms with Crippen LogP contribution < -0.4 is 20.1 Å². The minimum absolute atomic E-state index is 0. The second kappa shape index (κ2) is 10.3. The van der Waals surface area contributed by atoms with E-state index in [4.69, 9.17) is 14.5 Å². The van der Waals surface area contributed by atoms with Crippen molar-refractivity contribution in [1.29, 1.82) is 0 Å². The first-order valence-electron chi connectivity index (χ1n) is 9.31. The Morgan fingerprint density at radius 2 is 2.14 bits per heavy atom. The molecule has 0 bridgehead atoms. The van der Waals surface area contributed by atoms with Gasteiger partial charge in [0.15, 0.2) is 5.96 Å². The zero-order valence-electron chi connectivity index (χ0n) is 17.1. The van der Waals surface area contributed by atoms with Crippen molar-refractivity contribution in [3.63, 3.8) is 0 Å². The molecule has 28 heavy (non-hydrogen) atoms. The molecule has 1 aliphatic rings. The molecular weight excluding hydrogens is 487 g/mol. The van der Waals surface area contributed by atoms with E-state index >= 15 is 0 Å². The number of methoxy groups -OCH3 is 1. The number of thiazole rings is 1. The number of guanidine groups is 1. The Morgan fingerprint density at radius 1 is 1.36 bits per heavy atom. The van der Waals surface area contributed by atoms with Crippen LogP contribution in [0.1, 0.15) is 40.6 Å². The number of aliphatic imine (C=N–C) groups is 1. The fourth-order valence-electron chi connectivity index (χ4n) is 3.20. The van der Waals surface area contributed by atoms with Crippen molar-refractivity contribution in [2.24, 2.45) is 4.99 Å². The Hall–Kier alpha value is -1.55. The third-order valence-electron chi connectivity index (χ3n) is 4.47. The topological polar surface area (TPSA) is 67.8 Å². The van der Waals surface area contributed by atoms with Crippen LogP contribution in [0.5, 0.6) is 11.5 Å². The quantitative estimate of drug-likeness (QED) is 0.346. The van der Waals surface area contributed by atoms with Gasteiger partial charge < -0.3 is 20.1 Å². The van der Waals surface area contributed by atoms with E-state index in [1.807, 2.05) is 13.8 Å². The van der Waals surface area contributed by atoms with Gasteiger partial charge >= 0.3 is 0 Å². The number of benzene rings is 1.